The van der Waals surface area contributed by atoms with Crippen LogP contribution in [0.1, 0.15) is 57.8 Å². The molecule has 0 aliphatic heterocycles. The van der Waals surface area contributed by atoms with E-state index in [9.17, 15) is 5.11 Å². The molecule has 0 radical (unpaired) electrons. The molecule has 1 atom stereocenters. The minimum Gasteiger partial charge on any atom is -0.389 e. The minimum absolute atomic E-state index is 0.0788. The summed E-state index contributed by atoms with van der Waals surface area (Å²) < 4.78 is 5.40. The van der Waals surface area contributed by atoms with E-state index in [4.69, 9.17) is 10.3 Å². The summed E-state index contributed by atoms with van der Waals surface area (Å²) in [7, 11) is 0. The van der Waals surface area contributed by atoms with Crippen LogP contribution in [0.5, 0.6) is 0 Å². The molecule has 188 valence electrons. The van der Waals surface area contributed by atoms with Crippen molar-refractivity contribution < 1.29 is 9.63 Å². The van der Waals surface area contributed by atoms with Gasteiger partial charge in [0.1, 0.15) is 11.5 Å². The lowest BCUT2D eigenvalue weighted by molar-refractivity contribution is 0.0944. The third-order valence-electron chi connectivity index (χ3n) is 5.68. The molecule has 1 unspecified atom stereocenters. The second-order valence-corrected chi connectivity index (χ2v) is 9.77. The molecular formula is C26H32N8O2. The molecule has 3 aromatic heterocycles. The summed E-state index contributed by atoms with van der Waals surface area (Å²) in [5.74, 6) is 2.65. The van der Waals surface area contributed by atoms with E-state index < -0.39 is 5.60 Å². The van der Waals surface area contributed by atoms with Crippen LogP contribution >= 0.6 is 0 Å². The zero-order valence-corrected chi connectivity index (χ0v) is 21.0. The molecule has 0 bridgehead atoms. The molecule has 1 aliphatic carbocycles. The Bertz CT molecular complexity index is 1250. The number of anilines is 2. The number of aromatic nitrogens is 6. The second kappa shape index (κ2) is 10.8. The molecule has 0 amide bonds. The quantitative estimate of drug-likeness (QED) is 0.343. The van der Waals surface area contributed by atoms with Crippen molar-refractivity contribution in [2.75, 3.05) is 17.6 Å². The smallest absolute Gasteiger partial charge is 0.278 e. The number of aliphatic hydroxyl groups is 1. The molecule has 5 rings (SSSR count). The first kappa shape index (κ1) is 25.2. The molecular weight excluding hydrogens is 456 g/mol. The highest BCUT2D eigenvalue weighted by Crippen LogP contribution is 2.27. The van der Waals surface area contributed by atoms with Gasteiger partial charge in [0, 0.05) is 30.4 Å². The number of nitrogens with one attached hydrogen (secondary N) is 1. The van der Waals surface area contributed by atoms with Crippen molar-refractivity contribution in [1.82, 2.24) is 30.1 Å². The summed E-state index contributed by atoms with van der Waals surface area (Å²) in [5, 5.41) is 16.9. The Labute approximate surface area is 210 Å². The number of hydrogen-bond acceptors (Lipinski definition) is 10. The van der Waals surface area contributed by atoms with Crippen molar-refractivity contribution in [2.45, 2.75) is 52.1 Å². The minimum atomic E-state index is -0.848. The van der Waals surface area contributed by atoms with Gasteiger partial charge in [-0.1, -0.05) is 56.1 Å². The molecule has 36 heavy (non-hydrogen) atoms. The number of nitrogens with zero attached hydrogens (tertiary/aromatic N) is 6. The first-order valence-electron chi connectivity index (χ1n) is 12.0. The Hall–Kier alpha value is -3.92. The maximum atomic E-state index is 9.79. The number of nitrogens with two attached hydrogens (primary N) is 1. The van der Waals surface area contributed by atoms with Crippen LogP contribution in [0.15, 0.2) is 53.6 Å². The first-order valence-corrected chi connectivity index (χ1v) is 12.0. The standard InChI is InChI=1S/C22H24N8O2.C4H8/c1-13(14-4-6-15(7-5-14)16-8-26-21(23)27-9-16)19-29-20(32-30-19)17-10-25-18(11-24-17)28-12-22(2,3)31;1-4-2-3-4/h4-11,13,31H,12H2,1-3H3,(H,25,28)(H2,23,26,27);4H,2-3H2,1H3. The SMILES string of the molecule is CC(c1ccc(-c2cnc(N)nc2)cc1)c1noc(-c2cnc(NCC(C)(C)O)cn2)n1.CC1CC1. The van der Waals surface area contributed by atoms with Crippen LogP contribution in [0.3, 0.4) is 0 Å². The number of hydrogen-bond donors (Lipinski definition) is 3. The van der Waals surface area contributed by atoms with E-state index in [0.29, 0.717) is 29.8 Å². The highest BCUT2D eigenvalue weighted by molar-refractivity contribution is 5.62. The van der Waals surface area contributed by atoms with Crippen LogP contribution in [-0.2, 0) is 0 Å². The van der Waals surface area contributed by atoms with E-state index in [1.807, 2.05) is 31.2 Å². The van der Waals surface area contributed by atoms with Gasteiger partial charge in [0.25, 0.3) is 5.89 Å². The van der Waals surface area contributed by atoms with Crippen molar-refractivity contribution in [3.05, 3.63) is 60.4 Å². The zero-order chi connectivity index (χ0) is 25.7. The molecule has 0 spiro atoms. The molecule has 3 heterocycles. The van der Waals surface area contributed by atoms with Gasteiger partial charge in [-0.05, 0) is 30.9 Å². The second-order valence-electron chi connectivity index (χ2n) is 9.77. The Morgan fingerprint density at radius 1 is 1.03 bits per heavy atom. The summed E-state index contributed by atoms with van der Waals surface area (Å²) in [5.41, 5.74) is 8.09. The molecule has 0 saturated heterocycles. The Morgan fingerprint density at radius 3 is 2.25 bits per heavy atom. The van der Waals surface area contributed by atoms with Crippen LogP contribution in [0.25, 0.3) is 22.7 Å². The molecule has 4 N–H and O–H groups in total. The summed E-state index contributed by atoms with van der Waals surface area (Å²) in [4.78, 5) is 21.1. The largest absolute Gasteiger partial charge is 0.389 e. The first-order chi connectivity index (χ1) is 17.2. The zero-order valence-electron chi connectivity index (χ0n) is 21.0. The maximum absolute atomic E-state index is 9.79. The van der Waals surface area contributed by atoms with Crippen LogP contribution < -0.4 is 11.1 Å². The molecule has 10 nitrogen and oxygen atoms in total. The summed E-state index contributed by atoms with van der Waals surface area (Å²) in [6.07, 6.45) is 9.48. The highest BCUT2D eigenvalue weighted by atomic mass is 16.5. The number of rotatable bonds is 7. The van der Waals surface area contributed by atoms with Gasteiger partial charge in [-0.2, -0.15) is 4.98 Å². The van der Waals surface area contributed by atoms with Crippen molar-refractivity contribution >= 4 is 11.8 Å². The van der Waals surface area contributed by atoms with E-state index in [-0.39, 0.29) is 11.9 Å². The van der Waals surface area contributed by atoms with Gasteiger partial charge in [-0.15, -0.1) is 0 Å². The molecule has 4 aromatic rings. The van der Waals surface area contributed by atoms with Gasteiger partial charge in [-0.3, -0.25) is 0 Å². The third kappa shape index (κ3) is 7.05. The monoisotopic (exact) mass is 488 g/mol. The van der Waals surface area contributed by atoms with E-state index in [1.165, 1.54) is 12.8 Å². The van der Waals surface area contributed by atoms with Gasteiger partial charge in [0.05, 0.1) is 18.0 Å². The van der Waals surface area contributed by atoms with Gasteiger partial charge in [0.15, 0.2) is 5.82 Å². The number of benzene rings is 1. The summed E-state index contributed by atoms with van der Waals surface area (Å²) in [6.45, 7) is 8.06. The fourth-order valence-corrected chi connectivity index (χ4v) is 3.12. The van der Waals surface area contributed by atoms with E-state index in [2.05, 4.69) is 42.3 Å². The Balaban J connectivity index is 0.000000692. The van der Waals surface area contributed by atoms with Gasteiger partial charge in [-0.25, -0.2) is 19.9 Å². The molecule has 10 heteroatoms. The van der Waals surface area contributed by atoms with Crippen molar-refractivity contribution in [1.29, 1.82) is 0 Å². The lowest BCUT2D eigenvalue weighted by Gasteiger charge is -2.17. The molecule has 1 aromatic carbocycles. The predicted molar refractivity (Wildman–Crippen MR) is 138 cm³/mol. The Kier molecular flexibility index (Phi) is 7.54. The summed E-state index contributed by atoms with van der Waals surface area (Å²) in [6, 6.07) is 8.00. The summed E-state index contributed by atoms with van der Waals surface area (Å²) >= 11 is 0. The fraction of sp³-hybridized carbons (Fsp3) is 0.385. The topological polar surface area (TPSA) is 149 Å². The Morgan fingerprint density at radius 2 is 1.69 bits per heavy atom. The highest BCUT2D eigenvalue weighted by Gasteiger charge is 2.18. The van der Waals surface area contributed by atoms with Gasteiger partial charge < -0.3 is 20.7 Å². The lowest BCUT2D eigenvalue weighted by atomic mass is 9.98. The average Bonchev–Trinajstić information content (AvgIpc) is 3.50. The lowest BCUT2D eigenvalue weighted by Crippen LogP contribution is -2.29. The molecule has 1 aliphatic rings. The maximum Gasteiger partial charge on any atom is 0.278 e. The third-order valence-corrected chi connectivity index (χ3v) is 5.68. The van der Waals surface area contributed by atoms with E-state index in [1.54, 1.807) is 38.6 Å². The number of nitrogen functional groups attached to an aromatic ring is 1. The van der Waals surface area contributed by atoms with Crippen molar-refractivity contribution in [2.24, 2.45) is 5.92 Å². The predicted octanol–water partition coefficient (Wildman–Crippen LogP) is 4.32. The van der Waals surface area contributed by atoms with Crippen molar-refractivity contribution in [3.63, 3.8) is 0 Å². The van der Waals surface area contributed by atoms with Crippen LogP contribution in [0.2, 0.25) is 0 Å². The fourth-order valence-electron chi connectivity index (χ4n) is 3.12. The van der Waals surface area contributed by atoms with Crippen LogP contribution in [0.4, 0.5) is 11.8 Å². The van der Waals surface area contributed by atoms with Gasteiger partial charge >= 0.3 is 0 Å². The van der Waals surface area contributed by atoms with Crippen LogP contribution in [0, 0.1) is 5.92 Å². The normalized spacial score (nSPS) is 14.0. The van der Waals surface area contributed by atoms with E-state index >= 15 is 0 Å². The van der Waals surface area contributed by atoms with E-state index in [0.717, 1.165) is 22.6 Å². The average molecular weight is 489 g/mol. The molecule has 1 saturated carbocycles. The molecule has 1 fully saturated rings. The van der Waals surface area contributed by atoms with Crippen molar-refractivity contribution in [3.8, 4) is 22.7 Å². The van der Waals surface area contributed by atoms with Crippen LogP contribution in [-0.4, -0.2) is 47.3 Å². The van der Waals surface area contributed by atoms with Gasteiger partial charge in [0.2, 0.25) is 5.95 Å².